The first-order valence-electron chi connectivity index (χ1n) is 4.40. The lowest BCUT2D eigenvalue weighted by atomic mass is 10.1. The number of hydrogen-bond acceptors (Lipinski definition) is 3. The van der Waals surface area contributed by atoms with Gasteiger partial charge < -0.3 is 5.73 Å². The van der Waals surface area contributed by atoms with Gasteiger partial charge in [0.2, 0.25) is 0 Å². The quantitative estimate of drug-likeness (QED) is 0.805. The van der Waals surface area contributed by atoms with Gasteiger partial charge in [-0.15, -0.1) is 23.5 Å². The van der Waals surface area contributed by atoms with Gasteiger partial charge in [0.1, 0.15) is 4.99 Å². The number of hydrogen-bond donors (Lipinski definition) is 1. The molecule has 1 aliphatic heterocycles. The minimum Gasteiger partial charge on any atom is -0.389 e. The molecule has 4 heteroatoms. The third kappa shape index (κ3) is 2.24. The van der Waals surface area contributed by atoms with E-state index in [-0.39, 0.29) is 0 Å². The summed E-state index contributed by atoms with van der Waals surface area (Å²) in [6.07, 6.45) is 0. The van der Waals surface area contributed by atoms with Crippen molar-refractivity contribution in [2.75, 3.05) is 11.5 Å². The van der Waals surface area contributed by atoms with E-state index in [2.05, 4.69) is 12.1 Å². The second-order valence-electron chi connectivity index (χ2n) is 3.06. The summed E-state index contributed by atoms with van der Waals surface area (Å²) in [5, 5.41) is 0. The van der Waals surface area contributed by atoms with Crippen LogP contribution >= 0.6 is 35.7 Å². The molecule has 14 heavy (non-hydrogen) atoms. The smallest absolute Gasteiger partial charge is 0.103 e. The van der Waals surface area contributed by atoms with Crippen molar-refractivity contribution in [2.45, 2.75) is 4.58 Å². The van der Waals surface area contributed by atoms with Gasteiger partial charge in [0.05, 0.1) is 4.58 Å². The Morgan fingerprint density at radius 2 is 1.79 bits per heavy atom. The third-order valence-electron chi connectivity index (χ3n) is 2.09. The molecule has 0 bridgehead atoms. The van der Waals surface area contributed by atoms with Crippen LogP contribution in [0.25, 0.3) is 0 Å². The van der Waals surface area contributed by atoms with Gasteiger partial charge in [-0.25, -0.2) is 0 Å². The molecule has 0 spiro atoms. The average molecular weight is 241 g/mol. The lowest BCUT2D eigenvalue weighted by Crippen LogP contribution is -2.08. The van der Waals surface area contributed by atoms with E-state index in [9.17, 15) is 0 Å². The van der Waals surface area contributed by atoms with Crippen molar-refractivity contribution >= 4 is 40.7 Å². The van der Waals surface area contributed by atoms with Crippen LogP contribution in [0.1, 0.15) is 15.7 Å². The molecule has 74 valence electrons. The highest BCUT2D eigenvalue weighted by Gasteiger charge is 2.17. The van der Waals surface area contributed by atoms with Crippen LogP contribution in [0.15, 0.2) is 24.3 Å². The van der Waals surface area contributed by atoms with Gasteiger partial charge in [-0.1, -0.05) is 36.5 Å². The summed E-state index contributed by atoms with van der Waals surface area (Å²) in [6.45, 7) is 0. The van der Waals surface area contributed by atoms with Crippen LogP contribution < -0.4 is 5.73 Å². The van der Waals surface area contributed by atoms with Gasteiger partial charge >= 0.3 is 0 Å². The minimum absolute atomic E-state index is 0.475. The Morgan fingerprint density at radius 1 is 1.21 bits per heavy atom. The molecule has 0 radical (unpaired) electrons. The van der Waals surface area contributed by atoms with Gasteiger partial charge in [-0.3, -0.25) is 0 Å². The predicted octanol–water partition coefficient (Wildman–Crippen LogP) is 2.80. The molecule has 0 amide bonds. The summed E-state index contributed by atoms with van der Waals surface area (Å²) in [5.41, 5.74) is 7.87. The van der Waals surface area contributed by atoms with E-state index in [1.165, 1.54) is 17.1 Å². The molecule has 1 aromatic carbocycles. The molecule has 0 saturated carbocycles. The van der Waals surface area contributed by atoms with E-state index >= 15 is 0 Å². The van der Waals surface area contributed by atoms with Crippen molar-refractivity contribution in [1.29, 1.82) is 0 Å². The molecule has 2 N–H and O–H groups in total. The molecule has 1 aliphatic rings. The Morgan fingerprint density at radius 3 is 2.29 bits per heavy atom. The molecule has 1 saturated heterocycles. The van der Waals surface area contributed by atoms with E-state index in [0.717, 1.165) is 5.56 Å². The van der Waals surface area contributed by atoms with Crippen molar-refractivity contribution in [3.63, 3.8) is 0 Å². The average Bonchev–Trinajstić information content (AvgIpc) is 2.71. The summed E-state index contributed by atoms with van der Waals surface area (Å²) < 4.78 is 0.607. The monoisotopic (exact) mass is 241 g/mol. The lowest BCUT2D eigenvalue weighted by Gasteiger charge is -2.08. The Hall–Kier alpha value is -0.190. The van der Waals surface area contributed by atoms with Crippen LogP contribution in [0.2, 0.25) is 0 Å². The van der Waals surface area contributed by atoms with Crippen molar-refractivity contribution < 1.29 is 0 Å². The van der Waals surface area contributed by atoms with Gasteiger partial charge in [-0.2, -0.15) is 0 Å². The van der Waals surface area contributed by atoms with Crippen molar-refractivity contribution in [3.05, 3.63) is 35.4 Å². The maximum Gasteiger partial charge on any atom is 0.103 e. The molecule has 2 rings (SSSR count). The summed E-state index contributed by atoms with van der Waals surface area (Å²) in [4.78, 5) is 0.475. The summed E-state index contributed by atoms with van der Waals surface area (Å²) in [7, 11) is 0. The number of thioether (sulfide) groups is 2. The molecule has 0 atom stereocenters. The van der Waals surface area contributed by atoms with Crippen LogP contribution in [0, 0.1) is 0 Å². The highest BCUT2D eigenvalue weighted by Crippen LogP contribution is 2.45. The van der Waals surface area contributed by atoms with E-state index in [1.807, 2.05) is 35.7 Å². The molecular weight excluding hydrogens is 230 g/mol. The van der Waals surface area contributed by atoms with Gasteiger partial charge in [0.15, 0.2) is 0 Å². The zero-order valence-corrected chi connectivity index (χ0v) is 10.1. The summed E-state index contributed by atoms with van der Waals surface area (Å²) >= 11 is 8.92. The Kier molecular flexibility index (Phi) is 3.36. The van der Waals surface area contributed by atoms with Crippen LogP contribution in [-0.4, -0.2) is 16.5 Å². The van der Waals surface area contributed by atoms with Crippen molar-refractivity contribution in [1.82, 2.24) is 0 Å². The molecule has 0 aliphatic carbocycles. The lowest BCUT2D eigenvalue weighted by molar-refractivity contribution is 1.39. The topological polar surface area (TPSA) is 26.0 Å². The number of rotatable bonds is 2. The Labute approximate surface area is 97.8 Å². The number of nitrogens with two attached hydrogens (primary N) is 1. The van der Waals surface area contributed by atoms with Gasteiger partial charge in [0, 0.05) is 17.1 Å². The predicted molar refractivity (Wildman–Crippen MR) is 70.0 cm³/mol. The van der Waals surface area contributed by atoms with Crippen molar-refractivity contribution in [2.24, 2.45) is 5.73 Å². The minimum atomic E-state index is 0.475. The van der Waals surface area contributed by atoms with Crippen molar-refractivity contribution in [3.8, 4) is 0 Å². The third-order valence-corrected chi connectivity index (χ3v) is 5.43. The SMILES string of the molecule is NC(=S)c1ccc(C2SCCS2)cc1. The standard InChI is InChI=1S/C10H11NS3/c11-9(12)7-1-3-8(4-2-7)10-13-5-6-14-10/h1-4,10H,5-6H2,(H2,11,12). The fraction of sp³-hybridized carbons (Fsp3) is 0.300. The molecule has 1 nitrogen and oxygen atoms in total. The first-order valence-corrected chi connectivity index (χ1v) is 6.91. The highest BCUT2D eigenvalue weighted by atomic mass is 32.2. The normalized spacial score (nSPS) is 17.1. The number of thiocarbonyl (C=S) groups is 1. The van der Waals surface area contributed by atoms with E-state index < -0.39 is 0 Å². The fourth-order valence-electron chi connectivity index (χ4n) is 1.36. The molecule has 1 heterocycles. The first kappa shape index (κ1) is 10.3. The zero-order valence-electron chi connectivity index (χ0n) is 7.60. The maximum absolute atomic E-state index is 5.54. The molecule has 0 unspecified atom stereocenters. The first-order chi connectivity index (χ1) is 6.77. The second kappa shape index (κ2) is 4.55. The van der Waals surface area contributed by atoms with E-state index in [0.29, 0.717) is 9.57 Å². The summed E-state index contributed by atoms with van der Waals surface area (Å²) in [6, 6.07) is 8.28. The summed E-state index contributed by atoms with van der Waals surface area (Å²) in [5.74, 6) is 2.51. The van der Waals surface area contributed by atoms with Crippen LogP contribution in [-0.2, 0) is 0 Å². The van der Waals surface area contributed by atoms with E-state index in [4.69, 9.17) is 18.0 Å². The van der Waals surface area contributed by atoms with E-state index in [1.54, 1.807) is 0 Å². The fourth-order valence-corrected chi connectivity index (χ4v) is 4.35. The van der Waals surface area contributed by atoms with Gasteiger partial charge in [-0.05, 0) is 5.56 Å². The second-order valence-corrected chi connectivity index (χ2v) is 6.22. The maximum atomic E-state index is 5.54. The highest BCUT2D eigenvalue weighted by molar-refractivity contribution is 8.19. The van der Waals surface area contributed by atoms with Crippen LogP contribution in [0.5, 0.6) is 0 Å². The molecule has 1 aromatic rings. The molecular formula is C10H11NS3. The van der Waals surface area contributed by atoms with Gasteiger partial charge in [0.25, 0.3) is 0 Å². The van der Waals surface area contributed by atoms with Crippen LogP contribution in [0.3, 0.4) is 0 Å². The Bertz CT molecular complexity index is 328. The zero-order chi connectivity index (χ0) is 9.97. The molecule has 0 aromatic heterocycles. The number of benzene rings is 1. The Balaban J connectivity index is 2.16. The van der Waals surface area contributed by atoms with Crippen LogP contribution in [0.4, 0.5) is 0 Å². The largest absolute Gasteiger partial charge is 0.389 e. The molecule has 1 fully saturated rings.